The number of hydrogen-bond acceptors (Lipinski definition) is 4. The van der Waals surface area contributed by atoms with Crippen LogP contribution in [0.1, 0.15) is 18.0 Å². The maximum absolute atomic E-state index is 9.44. The number of aliphatic hydroxyl groups excluding tert-OH is 1. The van der Waals surface area contributed by atoms with Crippen LogP contribution in [-0.2, 0) is 4.74 Å². The zero-order valence-corrected chi connectivity index (χ0v) is 11.4. The summed E-state index contributed by atoms with van der Waals surface area (Å²) in [6.45, 7) is 5.97. The molecule has 0 saturated carbocycles. The van der Waals surface area contributed by atoms with E-state index in [1.54, 1.807) is 0 Å². The average molecular weight is 264 g/mol. The fourth-order valence-corrected chi connectivity index (χ4v) is 2.38. The molecule has 1 aliphatic rings. The Morgan fingerprint density at radius 1 is 1.21 bits per heavy atom. The molecular formula is C15H24N2O2. The molecule has 2 rings (SSSR count). The van der Waals surface area contributed by atoms with Crippen molar-refractivity contribution in [2.45, 2.75) is 12.5 Å². The van der Waals surface area contributed by atoms with Crippen LogP contribution in [0.4, 0.5) is 0 Å². The van der Waals surface area contributed by atoms with E-state index in [0.29, 0.717) is 0 Å². The van der Waals surface area contributed by atoms with Crippen LogP contribution in [0.25, 0.3) is 0 Å². The molecule has 1 atom stereocenters. The van der Waals surface area contributed by atoms with Gasteiger partial charge in [0.25, 0.3) is 0 Å². The van der Waals surface area contributed by atoms with E-state index >= 15 is 0 Å². The van der Waals surface area contributed by atoms with E-state index in [2.05, 4.69) is 22.3 Å². The van der Waals surface area contributed by atoms with Crippen molar-refractivity contribution >= 4 is 0 Å². The summed E-state index contributed by atoms with van der Waals surface area (Å²) < 4.78 is 5.33. The van der Waals surface area contributed by atoms with Gasteiger partial charge in [-0.3, -0.25) is 4.90 Å². The highest BCUT2D eigenvalue weighted by atomic mass is 16.5. The number of rotatable bonds is 7. The predicted molar refractivity (Wildman–Crippen MR) is 76.1 cm³/mol. The van der Waals surface area contributed by atoms with Gasteiger partial charge in [0.2, 0.25) is 0 Å². The third kappa shape index (κ3) is 4.91. The van der Waals surface area contributed by atoms with E-state index < -0.39 is 0 Å². The second kappa shape index (κ2) is 8.27. The molecule has 2 N–H and O–H groups in total. The molecule has 1 unspecified atom stereocenters. The van der Waals surface area contributed by atoms with Gasteiger partial charge < -0.3 is 15.2 Å². The highest BCUT2D eigenvalue weighted by molar-refractivity contribution is 5.18. The zero-order chi connectivity index (χ0) is 13.3. The minimum atomic E-state index is 0.0471. The fraction of sp³-hybridized carbons (Fsp3) is 0.600. The maximum Gasteiger partial charge on any atom is 0.0626 e. The van der Waals surface area contributed by atoms with Crippen molar-refractivity contribution in [1.29, 1.82) is 0 Å². The molecule has 19 heavy (non-hydrogen) atoms. The summed E-state index contributed by atoms with van der Waals surface area (Å²) in [6.07, 6.45) is 1.10. The summed E-state index contributed by atoms with van der Waals surface area (Å²) in [4.78, 5) is 2.43. The first kappa shape index (κ1) is 14.5. The Bertz CT molecular complexity index is 339. The van der Waals surface area contributed by atoms with Gasteiger partial charge in [0.1, 0.15) is 0 Å². The summed E-state index contributed by atoms with van der Waals surface area (Å²) in [7, 11) is 0. The molecule has 0 aromatic heterocycles. The van der Waals surface area contributed by atoms with Crippen LogP contribution in [-0.4, -0.2) is 56.0 Å². The highest BCUT2D eigenvalue weighted by Crippen LogP contribution is 2.11. The molecule has 1 aliphatic heterocycles. The molecule has 1 saturated heterocycles. The number of ether oxygens (including phenoxy) is 1. The molecule has 1 fully saturated rings. The molecule has 1 aromatic carbocycles. The summed E-state index contributed by atoms with van der Waals surface area (Å²) >= 11 is 0. The van der Waals surface area contributed by atoms with Crippen LogP contribution in [0.5, 0.6) is 0 Å². The van der Waals surface area contributed by atoms with E-state index in [1.165, 1.54) is 0 Å². The SMILES string of the molecule is OCC(NCCCN1CCOCC1)c1ccccc1. The highest BCUT2D eigenvalue weighted by Gasteiger charge is 2.11. The lowest BCUT2D eigenvalue weighted by Gasteiger charge is -2.26. The lowest BCUT2D eigenvalue weighted by molar-refractivity contribution is 0.0373. The number of morpholine rings is 1. The number of nitrogens with one attached hydrogen (secondary N) is 1. The Morgan fingerprint density at radius 2 is 1.95 bits per heavy atom. The predicted octanol–water partition coefficient (Wildman–Crippen LogP) is 1.03. The second-order valence-electron chi connectivity index (χ2n) is 4.91. The smallest absolute Gasteiger partial charge is 0.0626 e. The number of nitrogens with zero attached hydrogens (tertiary/aromatic N) is 1. The second-order valence-corrected chi connectivity index (χ2v) is 4.91. The zero-order valence-electron chi connectivity index (χ0n) is 11.4. The molecule has 0 bridgehead atoms. The van der Waals surface area contributed by atoms with Crippen LogP contribution in [0, 0.1) is 0 Å². The number of hydrogen-bond donors (Lipinski definition) is 2. The molecule has 0 amide bonds. The van der Waals surface area contributed by atoms with Crippen LogP contribution in [0.3, 0.4) is 0 Å². The molecule has 106 valence electrons. The Balaban J connectivity index is 1.66. The van der Waals surface area contributed by atoms with E-state index in [9.17, 15) is 5.11 Å². The third-order valence-electron chi connectivity index (χ3n) is 3.53. The summed E-state index contributed by atoms with van der Waals surface area (Å²) in [5, 5.41) is 12.9. The van der Waals surface area contributed by atoms with E-state index in [-0.39, 0.29) is 12.6 Å². The van der Waals surface area contributed by atoms with E-state index in [4.69, 9.17) is 4.74 Å². The molecule has 1 aromatic rings. The molecule has 0 aliphatic carbocycles. The van der Waals surface area contributed by atoms with Crippen LogP contribution in [0.2, 0.25) is 0 Å². The Hall–Kier alpha value is -0.940. The van der Waals surface area contributed by atoms with E-state index in [0.717, 1.165) is 51.4 Å². The van der Waals surface area contributed by atoms with Gasteiger partial charge in [-0.25, -0.2) is 0 Å². The van der Waals surface area contributed by atoms with Gasteiger partial charge in [0.05, 0.1) is 25.9 Å². The fourth-order valence-electron chi connectivity index (χ4n) is 2.38. The number of aliphatic hydroxyl groups is 1. The van der Waals surface area contributed by atoms with Crippen LogP contribution >= 0.6 is 0 Å². The van der Waals surface area contributed by atoms with Crippen molar-refractivity contribution < 1.29 is 9.84 Å². The monoisotopic (exact) mass is 264 g/mol. The average Bonchev–Trinajstić information content (AvgIpc) is 2.49. The molecule has 4 heteroatoms. The first-order chi connectivity index (χ1) is 9.40. The lowest BCUT2D eigenvalue weighted by Crippen LogP contribution is -2.38. The molecule has 1 heterocycles. The molecule has 0 radical (unpaired) electrons. The van der Waals surface area contributed by atoms with Gasteiger partial charge in [-0.15, -0.1) is 0 Å². The third-order valence-corrected chi connectivity index (χ3v) is 3.53. The minimum Gasteiger partial charge on any atom is -0.394 e. The molecule has 4 nitrogen and oxygen atoms in total. The van der Waals surface area contributed by atoms with Crippen molar-refractivity contribution in [2.75, 3.05) is 46.0 Å². The van der Waals surface area contributed by atoms with E-state index in [1.807, 2.05) is 18.2 Å². The summed E-state index contributed by atoms with van der Waals surface area (Å²) in [5.74, 6) is 0. The van der Waals surface area contributed by atoms with Crippen LogP contribution < -0.4 is 5.32 Å². The maximum atomic E-state index is 9.44. The van der Waals surface area contributed by atoms with Gasteiger partial charge >= 0.3 is 0 Å². The largest absolute Gasteiger partial charge is 0.394 e. The summed E-state index contributed by atoms with van der Waals surface area (Å²) in [6, 6.07) is 10.2. The quantitative estimate of drug-likeness (QED) is 0.722. The Morgan fingerprint density at radius 3 is 2.63 bits per heavy atom. The summed E-state index contributed by atoms with van der Waals surface area (Å²) in [5.41, 5.74) is 1.15. The molecular weight excluding hydrogens is 240 g/mol. The Labute approximate surface area is 115 Å². The first-order valence-corrected chi connectivity index (χ1v) is 7.09. The van der Waals surface area contributed by atoms with Crippen molar-refractivity contribution in [3.8, 4) is 0 Å². The van der Waals surface area contributed by atoms with Crippen molar-refractivity contribution in [2.24, 2.45) is 0 Å². The standard InChI is InChI=1S/C15H24N2O2/c18-13-15(14-5-2-1-3-6-14)16-7-4-8-17-9-11-19-12-10-17/h1-3,5-6,15-16,18H,4,7-13H2. The van der Waals surface area contributed by atoms with Gasteiger partial charge in [0.15, 0.2) is 0 Å². The van der Waals surface area contributed by atoms with Gasteiger partial charge in [-0.05, 0) is 25.1 Å². The Kier molecular flexibility index (Phi) is 6.30. The first-order valence-electron chi connectivity index (χ1n) is 7.09. The van der Waals surface area contributed by atoms with Crippen LogP contribution in [0.15, 0.2) is 30.3 Å². The van der Waals surface area contributed by atoms with Gasteiger partial charge in [-0.2, -0.15) is 0 Å². The topological polar surface area (TPSA) is 44.7 Å². The lowest BCUT2D eigenvalue weighted by atomic mass is 10.1. The van der Waals surface area contributed by atoms with Crippen molar-refractivity contribution in [1.82, 2.24) is 10.2 Å². The van der Waals surface area contributed by atoms with Crippen molar-refractivity contribution in [3.63, 3.8) is 0 Å². The molecule has 0 spiro atoms. The van der Waals surface area contributed by atoms with Crippen molar-refractivity contribution in [3.05, 3.63) is 35.9 Å². The number of benzene rings is 1. The van der Waals surface area contributed by atoms with Gasteiger partial charge in [-0.1, -0.05) is 30.3 Å². The normalized spacial score (nSPS) is 18.4. The minimum absolute atomic E-state index is 0.0471. The van der Waals surface area contributed by atoms with Gasteiger partial charge in [0, 0.05) is 13.1 Å².